The van der Waals surface area contributed by atoms with Gasteiger partial charge in [0, 0.05) is 6.42 Å². The van der Waals surface area contributed by atoms with Gasteiger partial charge >= 0.3 is 0 Å². The standard InChI is InChI=1S/C22H27N3OS/c1-2-3-4-5-7-13-18(17-11-8-6-9-12-17)16-21(26)23-19-14-10-15-20-22(19)25-27-24-20/h6,8-12,14-15,18H,2-5,7,13,16H2,1H3,(H,23,26). The summed E-state index contributed by atoms with van der Waals surface area (Å²) in [7, 11) is 0. The molecule has 0 aliphatic rings. The molecule has 2 aromatic carbocycles. The molecule has 3 rings (SSSR count). The second-order valence-electron chi connectivity index (χ2n) is 7.00. The minimum Gasteiger partial charge on any atom is -0.324 e. The lowest BCUT2D eigenvalue weighted by Gasteiger charge is -2.17. The third-order valence-electron chi connectivity index (χ3n) is 4.92. The highest BCUT2D eigenvalue weighted by Gasteiger charge is 2.17. The molecule has 0 fully saturated rings. The Kier molecular flexibility index (Phi) is 7.34. The summed E-state index contributed by atoms with van der Waals surface area (Å²) in [5.41, 5.74) is 3.60. The molecule has 0 bridgehead atoms. The summed E-state index contributed by atoms with van der Waals surface area (Å²) in [4.78, 5) is 12.7. The van der Waals surface area contributed by atoms with Gasteiger partial charge in [0.05, 0.1) is 17.4 Å². The Labute approximate surface area is 165 Å². The average molecular weight is 382 g/mol. The molecule has 0 radical (unpaired) electrons. The van der Waals surface area contributed by atoms with E-state index >= 15 is 0 Å². The number of fused-ring (bicyclic) bond motifs is 1. The molecular formula is C22H27N3OS. The number of nitrogens with zero attached hydrogens (tertiary/aromatic N) is 2. The van der Waals surface area contributed by atoms with E-state index in [0.29, 0.717) is 6.42 Å². The zero-order chi connectivity index (χ0) is 18.9. The summed E-state index contributed by atoms with van der Waals surface area (Å²) in [6.45, 7) is 2.23. The van der Waals surface area contributed by atoms with Crippen LogP contribution in [0.4, 0.5) is 5.69 Å². The molecule has 1 heterocycles. The largest absolute Gasteiger partial charge is 0.324 e. The van der Waals surface area contributed by atoms with Gasteiger partial charge < -0.3 is 5.32 Å². The minimum absolute atomic E-state index is 0.0397. The van der Waals surface area contributed by atoms with Crippen LogP contribution in [0.2, 0.25) is 0 Å². The van der Waals surface area contributed by atoms with Gasteiger partial charge in [0.2, 0.25) is 5.91 Å². The third-order valence-corrected chi connectivity index (χ3v) is 5.46. The molecule has 0 aliphatic heterocycles. The Hall–Kier alpha value is -2.27. The first-order chi connectivity index (χ1) is 13.3. The Morgan fingerprint density at radius 2 is 1.81 bits per heavy atom. The van der Waals surface area contributed by atoms with E-state index in [1.165, 1.54) is 49.4 Å². The van der Waals surface area contributed by atoms with Crippen LogP contribution < -0.4 is 5.32 Å². The number of hydrogen-bond acceptors (Lipinski definition) is 4. The van der Waals surface area contributed by atoms with Crippen molar-refractivity contribution in [1.29, 1.82) is 0 Å². The Morgan fingerprint density at radius 1 is 1.00 bits per heavy atom. The molecule has 4 nitrogen and oxygen atoms in total. The van der Waals surface area contributed by atoms with Crippen molar-refractivity contribution < 1.29 is 4.79 Å². The van der Waals surface area contributed by atoms with Gasteiger partial charge in [0.15, 0.2) is 0 Å². The Balaban J connectivity index is 1.64. The van der Waals surface area contributed by atoms with E-state index in [-0.39, 0.29) is 11.8 Å². The second kappa shape index (κ2) is 10.2. The Morgan fingerprint density at radius 3 is 2.63 bits per heavy atom. The van der Waals surface area contributed by atoms with Crippen molar-refractivity contribution >= 4 is 34.4 Å². The molecule has 0 aliphatic carbocycles. The quantitative estimate of drug-likeness (QED) is 0.428. The van der Waals surface area contributed by atoms with E-state index in [9.17, 15) is 4.79 Å². The van der Waals surface area contributed by atoms with Crippen LogP contribution in [0.25, 0.3) is 11.0 Å². The van der Waals surface area contributed by atoms with Crippen molar-refractivity contribution in [3.05, 3.63) is 54.1 Å². The zero-order valence-corrected chi connectivity index (χ0v) is 16.7. The molecule has 1 unspecified atom stereocenters. The number of hydrogen-bond donors (Lipinski definition) is 1. The molecule has 1 amide bonds. The summed E-state index contributed by atoms with van der Waals surface area (Å²) < 4.78 is 8.54. The van der Waals surface area contributed by atoms with E-state index < -0.39 is 0 Å². The van der Waals surface area contributed by atoms with Gasteiger partial charge in [0.1, 0.15) is 11.0 Å². The van der Waals surface area contributed by atoms with Crippen molar-refractivity contribution in [2.45, 2.75) is 57.8 Å². The number of aromatic nitrogens is 2. The number of carbonyl (C=O) groups excluding carboxylic acids is 1. The van der Waals surface area contributed by atoms with E-state index in [0.717, 1.165) is 23.1 Å². The minimum atomic E-state index is 0.0397. The summed E-state index contributed by atoms with van der Waals surface area (Å²) in [5.74, 6) is 0.290. The predicted octanol–water partition coefficient (Wildman–Crippen LogP) is 6.16. The van der Waals surface area contributed by atoms with Crippen LogP contribution in [0.5, 0.6) is 0 Å². The molecule has 142 valence electrons. The SMILES string of the molecule is CCCCCCCC(CC(=O)Nc1cccc2nsnc12)c1ccccc1. The van der Waals surface area contributed by atoms with Gasteiger partial charge in [-0.15, -0.1) is 0 Å². The molecule has 0 saturated heterocycles. The van der Waals surface area contributed by atoms with E-state index in [4.69, 9.17) is 0 Å². The van der Waals surface area contributed by atoms with Crippen LogP contribution in [0.15, 0.2) is 48.5 Å². The van der Waals surface area contributed by atoms with E-state index in [1.807, 2.05) is 24.3 Å². The van der Waals surface area contributed by atoms with Crippen molar-refractivity contribution in [2.24, 2.45) is 0 Å². The van der Waals surface area contributed by atoms with Crippen LogP contribution in [0.1, 0.15) is 63.4 Å². The monoisotopic (exact) mass is 381 g/mol. The van der Waals surface area contributed by atoms with Gasteiger partial charge in [-0.2, -0.15) is 8.75 Å². The fourth-order valence-electron chi connectivity index (χ4n) is 3.44. The molecule has 1 atom stereocenters. The number of carbonyl (C=O) groups is 1. The highest BCUT2D eigenvalue weighted by atomic mass is 32.1. The first kappa shape index (κ1) is 19.5. The number of benzene rings is 2. The van der Waals surface area contributed by atoms with Crippen molar-refractivity contribution in [1.82, 2.24) is 8.75 Å². The average Bonchev–Trinajstić information content (AvgIpc) is 3.17. The van der Waals surface area contributed by atoms with Gasteiger partial charge in [-0.1, -0.05) is 75.4 Å². The molecular weight excluding hydrogens is 354 g/mol. The maximum Gasteiger partial charge on any atom is 0.225 e. The maximum absolute atomic E-state index is 12.7. The normalized spacial score (nSPS) is 12.2. The maximum atomic E-state index is 12.7. The summed E-state index contributed by atoms with van der Waals surface area (Å²) in [5, 5.41) is 3.05. The van der Waals surface area contributed by atoms with Crippen molar-refractivity contribution in [3.63, 3.8) is 0 Å². The lowest BCUT2D eigenvalue weighted by atomic mass is 9.90. The van der Waals surface area contributed by atoms with Crippen molar-refractivity contribution in [3.8, 4) is 0 Å². The van der Waals surface area contributed by atoms with Crippen LogP contribution >= 0.6 is 11.7 Å². The highest BCUT2D eigenvalue weighted by molar-refractivity contribution is 7.00. The number of anilines is 1. The first-order valence-corrected chi connectivity index (χ1v) is 10.6. The molecule has 5 heteroatoms. The van der Waals surface area contributed by atoms with E-state index in [2.05, 4.69) is 45.3 Å². The molecule has 27 heavy (non-hydrogen) atoms. The van der Waals surface area contributed by atoms with Crippen LogP contribution in [-0.2, 0) is 4.79 Å². The van der Waals surface area contributed by atoms with Gasteiger partial charge in [0.25, 0.3) is 0 Å². The Bertz CT molecular complexity index is 847. The molecule has 3 aromatic rings. The number of rotatable bonds is 10. The van der Waals surface area contributed by atoms with Crippen LogP contribution in [0.3, 0.4) is 0 Å². The predicted molar refractivity (Wildman–Crippen MR) is 113 cm³/mol. The lowest BCUT2D eigenvalue weighted by molar-refractivity contribution is -0.116. The van der Waals surface area contributed by atoms with Gasteiger partial charge in [-0.05, 0) is 30.0 Å². The summed E-state index contributed by atoms with van der Waals surface area (Å²) >= 11 is 1.17. The highest BCUT2D eigenvalue weighted by Crippen LogP contribution is 2.28. The lowest BCUT2D eigenvalue weighted by Crippen LogP contribution is -2.16. The second-order valence-corrected chi connectivity index (χ2v) is 7.53. The fourth-order valence-corrected chi connectivity index (χ4v) is 3.99. The fraction of sp³-hybridized carbons (Fsp3) is 0.409. The molecule has 0 saturated carbocycles. The van der Waals surface area contributed by atoms with Crippen LogP contribution in [0, 0.1) is 0 Å². The summed E-state index contributed by atoms with van der Waals surface area (Å²) in [6.07, 6.45) is 7.77. The zero-order valence-electron chi connectivity index (χ0n) is 15.9. The smallest absolute Gasteiger partial charge is 0.225 e. The van der Waals surface area contributed by atoms with Gasteiger partial charge in [-0.25, -0.2) is 0 Å². The molecule has 1 N–H and O–H groups in total. The molecule has 0 spiro atoms. The third kappa shape index (κ3) is 5.60. The number of amides is 1. The summed E-state index contributed by atoms with van der Waals surface area (Å²) in [6, 6.07) is 16.1. The first-order valence-electron chi connectivity index (χ1n) is 9.84. The van der Waals surface area contributed by atoms with Gasteiger partial charge in [-0.3, -0.25) is 4.79 Å². The number of nitrogens with one attached hydrogen (secondary N) is 1. The molecule has 1 aromatic heterocycles. The number of unbranched alkanes of at least 4 members (excludes halogenated alkanes) is 4. The topological polar surface area (TPSA) is 54.9 Å². The van der Waals surface area contributed by atoms with E-state index in [1.54, 1.807) is 0 Å². The van der Waals surface area contributed by atoms with Crippen LogP contribution in [-0.4, -0.2) is 14.7 Å². The van der Waals surface area contributed by atoms with Crippen molar-refractivity contribution in [2.75, 3.05) is 5.32 Å².